The first-order chi connectivity index (χ1) is 9.47. The van der Waals surface area contributed by atoms with Gasteiger partial charge in [0.25, 0.3) is 0 Å². The predicted molar refractivity (Wildman–Crippen MR) is 85.1 cm³/mol. The highest BCUT2D eigenvalue weighted by molar-refractivity contribution is 9.10. The van der Waals surface area contributed by atoms with Crippen molar-refractivity contribution < 1.29 is 9.90 Å². The van der Waals surface area contributed by atoms with E-state index in [9.17, 15) is 4.79 Å². The van der Waals surface area contributed by atoms with E-state index < -0.39 is 5.97 Å². The van der Waals surface area contributed by atoms with Crippen molar-refractivity contribution in [3.63, 3.8) is 0 Å². The Bertz CT molecular complexity index is 657. The van der Waals surface area contributed by atoms with Gasteiger partial charge in [-0.25, -0.2) is 4.79 Å². The number of aromatic carboxylic acids is 1. The summed E-state index contributed by atoms with van der Waals surface area (Å²) in [7, 11) is 0. The Hall–Kier alpha value is -1.87. The summed E-state index contributed by atoms with van der Waals surface area (Å²) in [6.07, 6.45) is 0.846. The molecule has 0 aliphatic carbocycles. The first kappa shape index (κ1) is 14.5. The molecule has 102 valence electrons. The fourth-order valence-electron chi connectivity index (χ4n) is 2.00. The zero-order chi connectivity index (χ0) is 14.7. The second kappa shape index (κ2) is 6.06. The minimum Gasteiger partial charge on any atom is -0.478 e. The number of carboxylic acids is 1. The number of benzene rings is 2. The lowest BCUT2D eigenvalue weighted by molar-refractivity contribution is 0.0697. The number of hydrogen-bond acceptors (Lipinski definition) is 1. The highest BCUT2D eigenvalue weighted by Crippen LogP contribution is 2.27. The molecule has 0 saturated carbocycles. The van der Waals surface area contributed by atoms with Gasteiger partial charge in [0.2, 0.25) is 0 Å². The Morgan fingerprint density at radius 1 is 1.15 bits per heavy atom. The summed E-state index contributed by atoms with van der Waals surface area (Å²) in [4.78, 5) is 10.8. The Kier molecular flexibility index (Phi) is 4.40. The van der Waals surface area contributed by atoms with Gasteiger partial charge in [-0.15, -0.1) is 0 Å². The third-order valence-corrected chi connectivity index (χ3v) is 3.75. The Morgan fingerprint density at radius 3 is 2.25 bits per heavy atom. The van der Waals surface area contributed by atoms with Crippen molar-refractivity contribution >= 4 is 21.9 Å². The molecule has 0 bridgehead atoms. The molecule has 0 spiro atoms. The minimum absolute atomic E-state index is 0.298. The van der Waals surface area contributed by atoms with Crippen molar-refractivity contribution in [1.82, 2.24) is 0 Å². The fraction of sp³-hybridized carbons (Fsp3) is 0.118. The molecular weight excluding hydrogens is 316 g/mol. The van der Waals surface area contributed by atoms with Gasteiger partial charge in [-0.3, -0.25) is 0 Å². The van der Waals surface area contributed by atoms with E-state index >= 15 is 0 Å². The molecule has 2 rings (SSSR count). The molecule has 2 aromatic carbocycles. The maximum atomic E-state index is 10.8. The third-order valence-electron chi connectivity index (χ3n) is 3.01. The molecule has 0 aliphatic heterocycles. The van der Waals surface area contributed by atoms with Crippen molar-refractivity contribution in [2.75, 3.05) is 0 Å². The molecule has 1 N–H and O–H groups in total. The maximum Gasteiger partial charge on any atom is 0.335 e. The van der Waals surface area contributed by atoms with Gasteiger partial charge in [0.15, 0.2) is 0 Å². The molecule has 0 aliphatic rings. The van der Waals surface area contributed by atoms with Crippen LogP contribution in [0.1, 0.15) is 22.8 Å². The highest BCUT2D eigenvalue weighted by atomic mass is 79.9. The first-order valence-electron chi connectivity index (χ1n) is 6.24. The molecule has 0 heterocycles. The van der Waals surface area contributed by atoms with Gasteiger partial charge in [0, 0.05) is 4.47 Å². The normalized spacial score (nSPS) is 10.3. The number of carboxylic acid groups (broad SMARTS) is 1. The summed E-state index contributed by atoms with van der Waals surface area (Å²) in [5.74, 6) is -0.908. The van der Waals surface area contributed by atoms with Gasteiger partial charge in [-0.2, -0.15) is 0 Å². The highest BCUT2D eigenvalue weighted by Gasteiger charge is 2.06. The molecule has 0 radical (unpaired) electrons. The van der Waals surface area contributed by atoms with Gasteiger partial charge < -0.3 is 5.11 Å². The van der Waals surface area contributed by atoms with Gasteiger partial charge in [-0.1, -0.05) is 52.3 Å². The van der Waals surface area contributed by atoms with Crippen molar-refractivity contribution in [3.05, 3.63) is 70.2 Å². The van der Waals surface area contributed by atoms with Crippen LogP contribution in [0, 0.1) is 0 Å². The summed E-state index contributed by atoms with van der Waals surface area (Å²) in [6, 6.07) is 13.0. The summed E-state index contributed by atoms with van der Waals surface area (Å²) >= 11 is 3.58. The molecule has 2 nitrogen and oxygen atoms in total. The molecule has 20 heavy (non-hydrogen) atoms. The lowest BCUT2D eigenvalue weighted by Gasteiger charge is -2.08. The van der Waals surface area contributed by atoms with Crippen molar-refractivity contribution in [1.29, 1.82) is 0 Å². The van der Waals surface area contributed by atoms with E-state index in [-0.39, 0.29) is 0 Å². The number of hydrogen-bond donors (Lipinski definition) is 1. The monoisotopic (exact) mass is 330 g/mol. The second-order valence-corrected chi connectivity index (χ2v) is 5.68. The van der Waals surface area contributed by atoms with E-state index in [0.29, 0.717) is 5.56 Å². The molecule has 0 amide bonds. The lowest BCUT2D eigenvalue weighted by Crippen LogP contribution is -1.95. The second-order valence-electron chi connectivity index (χ2n) is 4.82. The molecule has 0 fully saturated rings. The van der Waals surface area contributed by atoms with E-state index in [0.717, 1.165) is 27.6 Å². The smallest absolute Gasteiger partial charge is 0.335 e. The van der Waals surface area contributed by atoms with Crippen LogP contribution in [0.2, 0.25) is 0 Å². The summed E-state index contributed by atoms with van der Waals surface area (Å²) in [5.41, 5.74) is 4.66. The number of halogens is 1. The molecule has 0 saturated heterocycles. The van der Waals surface area contributed by atoms with Crippen molar-refractivity contribution in [2.24, 2.45) is 0 Å². The summed E-state index contributed by atoms with van der Waals surface area (Å²) < 4.78 is 1.04. The van der Waals surface area contributed by atoms with Crippen LogP contribution in [0.3, 0.4) is 0 Å². The van der Waals surface area contributed by atoms with E-state index in [1.807, 2.05) is 31.2 Å². The SMILES string of the molecule is C=C(C)Cc1ccc(-c2ccc(C(=O)O)cc2)cc1Br. The standard InChI is InChI=1S/C17H15BrO2/c1-11(2)9-15-8-7-14(10-16(15)18)12-3-5-13(6-4-12)17(19)20/h3-8,10H,1,9H2,2H3,(H,19,20). The zero-order valence-corrected chi connectivity index (χ0v) is 12.8. The van der Waals surface area contributed by atoms with E-state index in [4.69, 9.17) is 5.11 Å². The van der Waals surface area contributed by atoms with Crippen molar-refractivity contribution in [3.8, 4) is 11.1 Å². The maximum absolute atomic E-state index is 10.8. The van der Waals surface area contributed by atoms with Gasteiger partial charge in [0.1, 0.15) is 0 Å². The number of rotatable bonds is 4. The number of carbonyl (C=O) groups is 1. The first-order valence-corrected chi connectivity index (χ1v) is 7.03. The van der Waals surface area contributed by atoms with Crippen LogP contribution in [0.15, 0.2) is 59.1 Å². The summed E-state index contributed by atoms with van der Waals surface area (Å²) in [5, 5.41) is 8.89. The predicted octanol–water partition coefficient (Wildman–Crippen LogP) is 4.93. The van der Waals surface area contributed by atoms with Crippen LogP contribution >= 0.6 is 15.9 Å². The molecule has 0 unspecified atom stereocenters. The topological polar surface area (TPSA) is 37.3 Å². The Labute approximate surface area is 126 Å². The van der Waals surface area contributed by atoms with Crippen molar-refractivity contribution in [2.45, 2.75) is 13.3 Å². The molecular formula is C17H15BrO2. The quantitative estimate of drug-likeness (QED) is 0.806. The van der Waals surface area contributed by atoms with E-state index in [1.54, 1.807) is 12.1 Å². The minimum atomic E-state index is -0.908. The largest absolute Gasteiger partial charge is 0.478 e. The van der Waals surface area contributed by atoms with Crippen LogP contribution in [-0.2, 0) is 6.42 Å². The average molecular weight is 331 g/mol. The van der Waals surface area contributed by atoms with Gasteiger partial charge in [-0.05, 0) is 48.2 Å². The average Bonchev–Trinajstić information content (AvgIpc) is 2.41. The van der Waals surface area contributed by atoms with E-state index in [2.05, 4.69) is 28.6 Å². The van der Waals surface area contributed by atoms with Gasteiger partial charge in [0.05, 0.1) is 5.56 Å². The summed E-state index contributed by atoms with van der Waals surface area (Å²) in [6.45, 7) is 5.93. The van der Waals surface area contributed by atoms with Gasteiger partial charge >= 0.3 is 5.97 Å². The Morgan fingerprint density at radius 2 is 1.75 bits per heavy atom. The molecule has 0 aromatic heterocycles. The molecule has 0 atom stereocenters. The molecule has 2 aromatic rings. The van der Waals surface area contributed by atoms with Crippen LogP contribution < -0.4 is 0 Å². The Balaban J connectivity index is 2.31. The van der Waals surface area contributed by atoms with Crippen LogP contribution in [0.5, 0.6) is 0 Å². The third kappa shape index (κ3) is 3.36. The van der Waals surface area contributed by atoms with Crippen LogP contribution in [-0.4, -0.2) is 11.1 Å². The van der Waals surface area contributed by atoms with Crippen LogP contribution in [0.4, 0.5) is 0 Å². The number of allylic oxidation sites excluding steroid dienone is 1. The van der Waals surface area contributed by atoms with E-state index in [1.165, 1.54) is 5.56 Å². The molecule has 3 heteroatoms. The van der Waals surface area contributed by atoms with Crippen LogP contribution in [0.25, 0.3) is 11.1 Å². The fourth-order valence-corrected chi connectivity index (χ4v) is 2.52. The zero-order valence-electron chi connectivity index (χ0n) is 11.2. The lowest BCUT2D eigenvalue weighted by atomic mass is 10.0.